The maximum atomic E-state index is 5.34. The fraction of sp³-hybridized carbons (Fsp3) is 0.286. The molecular formula is C14H15N5O2. The van der Waals surface area contributed by atoms with Crippen LogP contribution in [-0.4, -0.2) is 32.0 Å². The van der Waals surface area contributed by atoms with Crippen molar-refractivity contribution in [3.05, 3.63) is 30.1 Å². The number of rotatable bonds is 4. The van der Waals surface area contributed by atoms with Crippen LogP contribution in [0.4, 0.5) is 0 Å². The third-order valence-electron chi connectivity index (χ3n) is 3.05. The highest BCUT2D eigenvalue weighted by Gasteiger charge is 2.15. The molecule has 0 saturated carbocycles. The van der Waals surface area contributed by atoms with Gasteiger partial charge in [0.25, 0.3) is 5.89 Å². The van der Waals surface area contributed by atoms with Crippen LogP contribution < -0.4 is 4.74 Å². The van der Waals surface area contributed by atoms with E-state index in [9.17, 15) is 0 Å². The number of hydrogen-bond donors (Lipinski definition) is 0. The molecule has 0 aliphatic heterocycles. The number of pyridine rings is 1. The summed E-state index contributed by atoms with van der Waals surface area (Å²) in [6, 6.07) is 5.52. The van der Waals surface area contributed by atoms with Gasteiger partial charge >= 0.3 is 0 Å². The van der Waals surface area contributed by atoms with Gasteiger partial charge in [0.05, 0.1) is 12.8 Å². The fourth-order valence-electron chi connectivity index (χ4n) is 2.04. The summed E-state index contributed by atoms with van der Waals surface area (Å²) in [6.45, 7) is 4.69. The number of hydrogen-bond acceptors (Lipinski definition) is 6. The van der Waals surface area contributed by atoms with Crippen LogP contribution in [0.1, 0.15) is 12.6 Å². The molecule has 0 fully saturated rings. The number of methoxy groups -OCH3 is 1. The molecule has 0 radical (unpaired) electrons. The van der Waals surface area contributed by atoms with Crippen LogP contribution >= 0.6 is 0 Å². The van der Waals surface area contributed by atoms with Gasteiger partial charge in [0, 0.05) is 24.4 Å². The van der Waals surface area contributed by atoms with Crippen LogP contribution in [-0.2, 0) is 6.54 Å². The normalized spacial score (nSPS) is 10.8. The molecule has 3 aromatic heterocycles. The van der Waals surface area contributed by atoms with Crippen LogP contribution in [0.3, 0.4) is 0 Å². The summed E-state index contributed by atoms with van der Waals surface area (Å²) in [6.07, 6.45) is 1.65. The van der Waals surface area contributed by atoms with E-state index in [1.54, 1.807) is 19.4 Å². The van der Waals surface area contributed by atoms with Crippen molar-refractivity contribution in [1.82, 2.24) is 24.9 Å². The van der Waals surface area contributed by atoms with Crippen molar-refractivity contribution >= 4 is 0 Å². The Morgan fingerprint density at radius 1 is 1.33 bits per heavy atom. The highest BCUT2D eigenvalue weighted by molar-refractivity contribution is 5.57. The van der Waals surface area contributed by atoms with Gasteiger partial charge < -0.3 is 9.26 Å². The predicted molar refractivity (Wildman–Crippen MR) is 75.7 cm³/mol. The van der Waals surface area contributed by atoms with Crippen LogP contribution in [0.25, 0.3) is 23.0 Å². The lowest BCUT2D eigenvalue weighted by atomic mass is 10.3. The van der Waals surface area contributed by atoms with Crippen LogP contribution in [0, 0.1) is 6.92 Å². The van der Waals surface area contributed by atoms with E-state index in [2.05, 4.69) is 20.2 Å². The summed E-state index contributed by atoms with van der Waals surface area (Å²) in [4.78, 5) is 8.54. The molecule has 3 rings (SSSR count). The number of aromatic nitrogens is 5. The quantitative estimate of drug-likeness (QED) is 0.732. The van der Waals surface area contributed by atoms with Gasteiger partial charge in [-0.1, -0.05) is 5.16 Å². The van der Waals surface area contributed by atoms with Gasteiger partial charge in [-0.05, 0) is 26.0 Å². The Morgan fingerprint density at radius 3 is 2.86 bits per heavy atom. The summed E-state index contributed by atoms with van der Waals surface area (Å²) >= 11 is 0. The van der Waals surface area contributed by atoms with Crippen molar-refractivity contribution in [2.24, 2.45) is 0 Å². The van der Waals surface area contributed by atoms with Gasteiger partial charge in [-0.25, -0.2) is 4.98 Å². The Hall–Kier alpha value is -2.70. The summed E-state index contributed by atoms with van der Waals surface area (Å²) in [7, 11) is 1.57. The minimum atomic E-state index is 0.447. The zero-order valence-electron chi connectivity index (χ0n) is 12.1. The van der Waals surface area contributed by atoms with E-state index in [0.717, 1.165) is 23.5 Å². The monoisotopic (exact) mass is 285 g/mol. The van der Waals surface area contributed by atoms with Gasteiger partial charge in [-0.3, -0.25) is 4.68 Å². The molecule has 0 N–H and O–H groups in total. The SMILES string of the molecule is CCn1nc(C)cc1-c1nc(-c2ccc(OC)nc2)no1. The molecule has 0 atom stereocenters. The summed E-state index contributed by atoms with van der Waals surface area (Å²) in [5.41, 5.74) is 2.50. The van der Waals surface area contributed by atoms with E-state index >= 15 is 0 Å². The van der Waals surface area contributed by atoms with Crippen molar-refractivity contribution in [3.8, 4) is 28.9 Å². The largest absolute Gasteiger partial charge is 0.481 e. The summed E-state index contributed by atoms with van der Waals surface area (Å²) in [5, 5.41) is 8.37. The molecule has 7 nitrogen and oxygen atoms in total. The second kappa shape index (κ2) is 5.35. The first kappa shape index (κ1) is 13.3. The molecule has 3 aromatic rings. The standard InChI is InChI=1S/C14H15N5O2/c1-4-19-11(7-9(2)17-19)14-16-13(18-21-14)10-5-6-12(20-3)15-8-10/h5-8H,4H2,1-3H3. The molecule has 0 spiro atoms. The first-order valence-corrected chi connectivity index (χ1v) is 6.60. The molecule has 7 heteroatoms. The molecule has 3 heterocycles. The average Bonchev–Trinajstić information content (AvgIpc) is 3.13. The lowest BCUT2D eigenvalue weighted by Crippen LogP contribution is -1.99. The first-order valence-electron chi connectivity index (χ1n) is 6.60. The van der Waals surface area contributed by atoms with Gasteiger partial charge in [0.1, 0.15) is 5.69 Å². The van der Waals surface area contributed by atoms with Crippen LogP contribution in [0.15, 0.2) is 28.9 Å². The maximum absolute atomic E-state index is 5.34. The Kier molecular flexibility index (Phi) is 3.39. The van der Waals surface area contributed by atoms with Gasteiger partial charge in [0.2, 0.25) is 11.7 Å². The predicted octanol–water partition coefficient (Wildman–Crippen LogP) is 2.33. The lowest BCUT2D eigenvalue weighted by molar-refractivity contribution is 0.398. The molecule has 0 saturated heterocycles. The van der Waals surface area contributed by atoms with Crippen molar-refractivity contribution in [2.75, 3.05) is 7.11 Å². The van der Waals surface area contributed by atoms with Gasteiger partial charge in [-0.15, -0.1) is 0 Å². The molecular weight excluding hydrogens is 270 g/mol. The maximum Gasteiger partial charge on any atom is 0.276 e. The van der Waals surface area contributed by atoms with Crippen molar-refractivity contribution < 1.29 is 9.26 Å². The third-order valence-corrected chi connectivity index (χ3v) is 3.05. The van der Waals surface area contributed by atoms with Crippen molar-refractivity contribution in [1.29, 1.82) is 0 Å². The molecule has 0 aliphatic rings. The molecule has 21 heavy (non-hydrogen) atoms. The van der Waals surface area contributed by atoms with E-state index in [0.29, 0.717) is 17.6 Å². The fourth-order valence-corrected chi connectivity index (χ4v) is 2.04. The minimum Gasteiger partial charge on any atom is -0.481 e. The van der Waals surface area contributed by atoms with Crippen molar-refractivity contribution in [3.63, 3.8) is 0 Å². The smallest absolute Gasteiger partial charge is 0.276 e. The minimum absolute atomic E-state index is 0.447. The molecule has 108 valence electrons. The van der Waals surface area contributed by atoms with E-state index in [1.807, 2.05) is 30.7 Å². The van der Waals surface area contributed by atoms with E-state index < -0.39 is 0 Å². The Balaban J connectivity index is 1.95. The highest BCUT2D eigenvalue weighted by atomic mass is 16.5. The van der Waals surface area contributed by atoms with E-state index in [1.165, 1.54) is 0 Å². The molecule has 0 bridgehead atoms. The highest BCUT2D eigenvalue weighted by Crippen LogP contribution is 2.23. The van der Waals surface area contributed by atoms with Crippen LogP contribution in [0.2, 0.25) is 0 Å². The topological polar surface area (TPSA) is 78.9 Å². The van der Waals surface area contributed by atoms with Crippen LogP contribution in [0.5, 0.6) is 5.88 Å². The molecule has 0 unspecified atom stereocenters. The Bertz CT molecular complexity index is 745. The third kappa shape index (κ3) is 2.49. The molecule has 0 amide bonds. The zero-order valence-corrected chi connectivity index (χ0v) is 12.1. The summed E-state index contributed by atoms with van der Waals surface area (Å²) in [5.74, 6) is 1.48. The van der Waals surface area contributed by atoms with Gasteiger partial charge in [0.15, 0.2) is 0 Å². The second-order valence-electron chi connectivity index (χ2n) is 4.50. The van der Waals surface area contributed by atoms with E-state index in [-0.39, 0.29) is 0 Å². The number of nitrogens with zero attached hydrogens (tertiary/aromatic N) is 5. The Labute approximate surface area is 121 Å². The Morgan fingerprint density at radius 2 is 2.19 bits per heavy atom. The molecule has 0 aliphatic carbocycles. The second-order valence-corrected chi connectivity index (χ2v) is 4.50. The first-order chi connectivity index (χ1) is 10.2. The number of ether oxygens (including phenoxy) is 1. The summed E-state index contributed by atoms with van der Waals surface area (Å²) < 4.78 is 12.2. The zero-order chi connectivity index (χ0) is 14.8. The van der Waals surface area contributed by atoms with Gasteiger partial charge in [-0.2, -0.15) is 10.1 Å². The average molecular weight is 285 g/mol. The number of aryl methyl sites for hydroxylation is 2. The van der Waals surface area contributed by atoms with Crippen molar-refractivity contribution in [2.45, 2.75) is 20.4 Å². The lowest BCUT2D eigenvalue weighted by Gasteiger charge is -1.98. The van der Waals surface area contributed by atoms with E-state index in [4.69, 9.17) is 9.26 Å². The molecule has 0 aromatic carbocycles.